The van der Waals surface area contributed by atoms with Crippen molar-refractivity contribution >= 4 is 5.91 Å². The van der Waals surface area contributed by atoms with Gasteiger partial charge in [0.15, 0.2) is 0 Å². The Kier molecular flexibility index (Phi) is 5.17. The number of aromatic nitrogens is 1. The van der Waals surface area contributed by atoms with E-state index in [-0.39, 0.29) is 24.5 Å². The summed E-state index contributed by atoms with van der Waals surface area (Å²) in [4.78, 5) is 12.3. The number of nitrogens with zero attached hydrogens (tertiary/aromatic N) is 1. The monoisotopic (exact) mass is 286 g/mol. The molecule has 1 heterocycles. The zero-order valence-electron chi connectivity index (χ0n) is 12.5. The van der Waals surface area contributed by atoms with Crippen LogP contribution in [0.5, 0.6) is 0 Å². The molecule has 0 aliphatic heterocycles. The van der Waals surface area contributed by atoms with Crippen molar-refractivity contribution in [2.75, 3.05) is 6.61 Å². The van der Waals surface area contributed by atoms with Gasteiger partial charge >= 0.3 is 0 Å². The lowest BCUT2D eigenvalue weighted by molar-refractivity contribution is 0.0907. The van der Waals surface area contributed by atoms with Crippen LogP contribution in [-0.2, 0) is 6.54 Å². The predicted octanol–water partition coefficient (Wildman–Crippen LogP) is 2.28. The Morgan fingerprint density at radius 1 is 1.19 bits per heavy atom. The van der Waals surface area contributed by atoms with Crippen molar-refractivity contribution in [2.45, 2.75) is 26.4 Å². The van der Waals surface area contributed by atoms with Gasteiger partial charge in [0.25, 0.3) is 5.91 Å². The third kappa shape index (κ3) is 3.95. The van der Waals surface area contributed by atoms with Crippen LogP contribution in [0.2, 0.25) is 0 Å². The lowest BCUT2D eigenvalue weighted by Crippen LogP contribution is -2.39. The number of nitrogens with one attached hydrogen (secondary N) is 1. The van der Waals surface area contributed by atoms with E-state index in [1.807, 2.05) is 67.1 Å². The summed E-state index contributed by atoms with van der Waals surface area (Å²) >= 11 is 0. The molecule has 0 spiro atoms. The number of hydrogen-bond acceptors (Lipinski definition) is 2. The van der Waals surface area contributed by atoms with Gasteiger partial charge in [-0.3, -0.25) is 4.79 Å². The minimum absolute atomic E-state index is 0.0338. The van der Waals surface area contributed by atoms with Crippen LogP contribution in [0.1, 0.15) is 29.9 Å². The summed E-state index contributed by atoms with van der Waals surface area (Å²) in [5.74, 6) is -0.0739. The summed E-state index contributed by atoms with van der Waals surface area (Å²) in [7, 11) is 0. The van der Waals surface area contributed by atoms with E-state index in [4.69, 9.17) is 5.11 Å². The van der Waals surface area contributed by atoms with Crippen molar-refractivity contribution < 1.29 is 9.90 Å². The van der Waals surface area contributed by atoms with E-state index >= 15 is 0 Å². The van der Waals surface area contributed by atoms with Gasteiger partial charge in [-0.25, -0.2) is 0 Å². The highest BCUT2D eigenvalue weighted by atomic mass is 16.3. The number of rotatable bonds is 6. The van der Waals surface area contributed by atoms with Gasteiger partial charge in [-0.2, -0.15) is 0 Å². The Morgan fingerprint density at radius 2 is 1.90 bits per heavy atom. The van der Waals surface area contributed by atoms with Crippen LogP contribution >= 0.6 is 0 Å². The van der Waals surface area contributed by atoms with E-state index in [0.29, 0.717) is 12.2 Å². The maximum atomic E-state index is 12.3. The molecule has 0 bridgehead atoms. The molecule has 4 nitrogen and oxygen atoms in total. The Morgan fingerprint density at radius 3 is 2.57 bits per heavy atom. The third-order valence-corrected chi connectivity index (χ3v) is 3.76. The molecule has 21 heavy (non-hydrogen) atoms. The number of hydrogen-bond donors (Lipinski definition) is 2. The molecule has 2 N–H and O–H groups in total. The second-order valence-electron chi connectivity index (χ2n) is 5.43. The molecule has 112 valence electrons. The second-order valence-corrected chi connectivity index (χ2v) is 5.43. The smallest absolute Gasteiger partial charge is 0.268 e. The number of amides is 1. The molecular formula is C17H22N2O2. The summed E-state index contributed by atoms with van der Waals surface area (Å²) in [5.41, 5.74) is 1.79. The molecule has 0 radical (unpaired) electrons. The SMILES string of the molecule is CC(CO)C(C)NC(=O)c1cccn1Cc1ccccc1. The topological polar surface area (TPSA) is 54.3 Å². The minimum atomic E-state index is -0.108. The molecule has 2 unspecified atom stereocenters. The van der Waals surface area contributed by atoms with Crippen molar-refractivity contribution in [1.82, 2.24) is 9.88 Å². The maximum Gasteiger partial charge on any atom is 0.268 e. The molecule has 1 amide bonds. The van der Waals surface area contributed by atoms with Gasteiger partial charge in [-0.1, -0.05) is 37.3 Å². The van der Waals surface area contributed by atoms with Gasteiger partial charge in [0.05, 0.1) is 0 Å². The molecule has 0 fully saturated rings. The van der Waals surface area contributed by atoms with E-state index in [0.717, 1.165) is 5.56 Å². The van der Waals surface area contributed by atoms with Crippen molar-refractivity contribution in [1.29, 1.82) is 0 Å². The van der Waals surface area contributed by atoms with Gasteiger partial charge in [-0.15, -0.1) is 0 Å². The van der Waals surface area contributed by atoms with Crippen LogP contribution < -0.4 is 5.32 Å². The van der Waals surface area contributed by atoms with E-state index in [1.54, 1.807) is 0 Å². The summed E-state index contributed by atoms with van der Waals surface area (Å²) in [5, 5.41) is 12.1. The Hall–Kier alpha value is -2.07. The summed E-state index contributed by atoms with van der Waals surface area (Å²) < 4.78 is 1.93. The number of aliphatic hydroxyl groups excluding tert-OH is 1. The Bertz CT molecular complexity index is 577. The van der Waals surface area contributed by atoms with Gasteiger partial charge in [-0.05, 0) is 30.5 Å². The van der Waals surface area contributed by atoms with E-state index in [2.05, 4.69) is 5.32 Å². The standard InChI is InChI=1S/C17H22N2O2/c1-13(12-20)14(2)18-17(21)16-9-6-10-19(16)11-15-7-4-3-5-8-15/h3-10,13-14,20H,11-12H2,1-2H3,(H,18,21). The quantitative estimate of drug-likeness (QED) is 0.856. The van der Waals surface area contributed by atoms with Crippen molar-refractivity contribution in [3.63, 3.8) is 0 Å². The first kappa shape index (κ1) is 15.3. The average Bonchev–Trinajstić information content (AvgIpc) is 2.95. The Balaban J connectivity index is 2.07. The van der Waals surface area contributed by atoms with Crippen LogP contribution in [0, 0.1) is 5.92 Å². The largest absolute Gasteiger partial charge is 0.396 e. The minimum Gasteiger partial charge on any atom is -0.396 e. The van der Waals surface area contributed by atoms with E-state index in [1.165, 1.54) is 0 Å². The number of benzene rings is 1. The first-order chi connectivity index (χ1) is 10.1. The van der Waals surface area contributed by atoms with Crippen molar-refractivity contribution in [3.05, 3.63) is 59.9 Å². The number of aliphatic hydroxyl groups is 1. The van der Waals surface area contributed by atoms with Gasteiger partial charge in [0.2, 0.25) is 0 Å². The first-order valence-electron chi connectivity index (χ1n) is 7.22. The van der Waals surface area contributed by atoms with Gasteiger partial charge < -0.3 is 15.0 Å². The second kappa shape index (κ2) is 7.09. The third-order valence-electron chi connectivity index (χ3n) is 3.76. The number of carbonyl (C=O) groups excluding carboxylic acids is 1. The molecule has 0 aliphatic carbocycles. The van der Waals surface area contributed by atoms with Crippen LogP contribution in [0.3, 0.4) is 0 Å². The van der Waals surface area contributed by atoms with Gasteiger partial charge in [0.1, 0.15) is 5.69 Å². The molecule has 2 rings (SSSR count). The first-order valence-corrected chi connectivity index (χ1v) is 7.22. The van der Waals surface area contributed by atoms with Crippen LogP contribution in [-0.4, -0.2) is 28.2 Å². The van der Waals surface area contributed by atoms with Crippen LogP contribution in [0.25, 0.3) is 0 Å². The molecular weight excluding hydrogens is 264 g/mol. The van der Waals surface area contributed by atoms with Crippen LogP contribution in [0.15, 0.2) is 48.7 Å². The predicted molar refractivity (Wildman–Crippen MR) is 83.2 cm³/mol. The molecule has 2 aromatic rings. The van der Waals surface area contributed by atoms with Gasteiger partial charge in [0, 0.05) is 25.4 Å². The molecule has 0 saturated carbocycles. The fourth-order valence-corrected chi connectivity index (χ4v) is 2.12. The lowest BCUT2D eigenvalue weighted by atomic mass is 10.1. The van der Waals surface area contributed by atoms with Crippen molar-refractivity contribution in [2.24, 2.45) is 5.92 Å². The lowest BCUT2D eigenvalue weighted by Gasteiger charge is -2.19. The highest BCUT2D eigenvalue weighted by Gasteiger charge is 2.17. The summed E-state index contributed by atoms with van der Waals surface area (Å²) in [6, 6.07) is 13.7. The molecule has 4 heteroatoms. The molecule has 0 aliphatic rings. The number of carbonyl (C=O) groups is 1. The zero-order chi connectivity index (χ0) is 15.2. The van der Waals surface area contributed by atoms with Crippen molar-refractivity contribution in [3.8, 4) is 0 Å². The highest BCUT2D eigenvalue weighted by molar-refractivity contribution is 5.93. The fraction of sp³-hybridized carbons (Fsp3) is 0.353. The summed E-state index contributed by atoms with van der Waals surface area (Å²) in [6.45, 7) is 4.55. The molecule has 1 aromatic heterocycles. The maximum absolute atomic E-state index is 12.3. The molecule has 0 saturated heterocycles. The fourth-order valence-electron chi connectivity index (χ4n) is 2.12. The van der Waals surface area contributed by atoms with Crippen LogP contribution in [0.4, 0.5) is 0 Å². The molecule has 2 atom stereocenters. The summed E-state index contributed by atoms with van der Waals surface area (Å²) in [6.07, 6.45) is 1.90. The molecule has 1 aromatic carbocycles. The Labute approximate surface area is 125 Å². The average molecular weight is 286 g/mol. The normalized spacial score (nSPS) is 13.7. The highest BCUT2D eigenvalue weighted by Crippen LogP contribution is 2.09. The van der Waals surface area contributed by atoms with E-state index < -0.39 is 0 Å². The zero-order valence-corrected chi connectivity index (χ0v) is 12.5. The van der Waals surface area contributed by atoms with E-state index in [9.17, 15) is 4.79 Å².